The lowest BCUT2D eigenvalue weighted by molar-refractivity contribution is 0.449. The summed E-state index contributed by atoms with van der Waals surface area (Å²) in [5.41, 5.74) is 12.1. The minimum atomic E-state index is -0.107. The maximum atomic E-state index is 6.79. The Bertz CT molecular complexity index is 2830. The van der Waals surface area contributed by atoms with Crippen LogP contribution < -0.4 is 14.5 Å². The second-order valence-corrected chi connectivity index (χ2v) is 18.8. The predicted octanol–water partition coefficient (Wildman–Crippen LogP) is 15.3. The molecule has 0 fully saturated rings. The Morgan fingerprint density at radius 1 is 0.525 bits per heavy atom. The second kappa shape index (κ2) is 15.6. The van der Waals surface area contributed by atoms with Gasteiger partial charge in [0.15, 0.2) is 0 Å². The highest BCUT2D eigenvalue weighted by molar-refractivity contribution is 6.09. The van der Waals surface area contributed by atoms with E-state index in [1.165, 1.54) is 50.1 Å². The first kappa shape index (κ1) is 40.1. The van der Waals surface area contributed by atoms with Crippen molar-refractivity contribution in [1.82, 2.24) is 9.55 Å². The highest BCUT2D eigenvalue weighted by Crippen LogP contribution is 2.47. The SMILES string of the molecule is CCCC(CC)(c1ccccc1)c1ccnc(-n2c3ccccc3c3ccc(Oc4cccc(N5CN(c6cc(C(C)(C)C)cc(C(C)(C)C)c6)c6ccccc65)c4)cc32)c1. The Balaban J connectivity index is 1.08. The molecule has 3 heterocycles. The van der Waals surface area contributed by atoms with Crippen LogP contribution >= 0.6 is 0 Å². The van der Waals surface area contributed by atoms with Gasteiger partial charge in [-0.05, 0) is 113 Å². The summed E-state index contributed by atoms with van der Waals surface area (Å²) in [6, 6.07) is 55.0. The summed E-state index contributed by atoms with van der Waals surface area (Å²) in [5, 5.41) is 2.36. The zero-order valence-electron chi connectivity index (χ0n) is 37.0. The number of hydrogen-bond acceptors (Lipinski definition) is 4. The average molecular weight is 803 g/mol. The van der Waals surface area contributed by atoms with Gasteiger partial charge in [-0.2, -0.15) is 0 Å². The van der Waals surface area contributed by atoms with Crippen molar-refractivity contribution in [3.05, 3.63) is 180 Å². The molecule has 2 aromatic heterocycles. The van der Waals surface area contributed by atoms with E-state index in [9.17, 15) is 0 Å². The average Bonchev–Trinajstić information content (AvgIpc) is 3.81. The van der Waals surface area contributed by atoms with Crippen molar-refractivity contribution in [2.24, 2.45) is 0 Å². The quantitative estimate of drug-likeness (QED) is 0.138. The maximum Gasteiger partial charge on any atom is 0.137 e. The monoisotopic (exact) mass is 802 g/mol. The zero-order chi connectivity index (χ0) is 42.5. The van der Waals surface area contributed by atoms with E-state index in [4.69, 9.17) is 9.72 Å². The number of benzene rings is 6. The van der Waals surface area contributed by atoms with E-state index in [0.717, 1.165) is 53.3 Å². The molecule has 0 N–H and O–H groups in total. The molecule has 0 saturated carbocycles. The molecule has 0 aliphatic carbocycles. The maximum absolute atomic E-state index is 6.79. The third kappa shape index (κ3) is 7.35. The summed E-state index contributed by atoms with van der Waals surface area (Å²) in [6.07, 6.45) is 5.14. The number of rotatable bonds is 10. The minimum absolute atomic E-state index is 0.0243. The van der Waals surface area contributed by atoms with Crippen LogP contribution in [0.4, 0.5) is 22.7 Å². The lowest BCUT2D eigenvalue weighted by Crippen LogP contribution is -2.27. The van der Waals surface area contributed by atoms with E-state index in [2.05, 4.69) is 221 Å². The van der Waals surface area contributed by atoms with Crippen LogP contribution in [0.2, 0.25) is 0 Å². The fourth-order valence-corrected chi connectivity index (χ4v) is 9.46. The highest BCUT2D eigenvalue weighted by atomic mass is 16.5. The normalized spacial score (nSPS) is 14.1. The van der Waals surface area contributed by atoms with Gasteiger partial charge >= 0.3 is 0 Å². The molecule has 6 aromatic carbocycles. The Morgan fingerprint density at radius 3 is 1.85 bits per heavy atom. The molecule has 0 amide bonds. The molecule has 1 aliphatic heterocycles. The van der Waals surface area contributed by atoms with Crippen molar-refractivity contribution in [1.29, 1.82) is 0 Å². The predicted molar refractivity (Wildman–Crippen MR) is 257 cm³/mol. The molecule has 308 valence electrons. The van der Waals surface area contributed by atoms with Gasteiger partial charge in [0.1, 0.15) is 24.0 Å². The summed E-state index contributed by atoms with van der Waals surface area (Å²) in [6.45, 7) is 19.1. The van der Waals surface area contributed by atoms with E-state index >= 15 is 0 Å². The van der Waals surface area contributed by atoms with E-state index in [0.29, 0.717) is 6.67 Å². The minimum Gasteiger partial charge on any atom is -0.457 e. The molecule has 5 nitrogen and oxygen atoms in total. The molecule has 9 rings (SSSR count). The molecule has 61 heavy (non-hydrogen) atoms. The topological polar surface area (TPSA) is 33.5 Å². The van der Waals surface area contributed by atoms with Crippen LogP contribution in [-0.4, -0.2) is 16.2 Å². The lowest BCUT2D eigenvalue weighted by Gasteiger charge is -2.34. The number of nitrogens with zero attached hydrogens (tertiary/aromatic N) is 4. The first-order valence-electron chi connectivity index (χ1n) is 22.0. The molecule has 1 unspecified atom stereocenters. The zero-order valence-corrected chi connectivity index (χ0v) is 37.0. The van der Waals surface area contributed by atoms with Gasteiger partial charge in [0.05, 0.1) is 22.4 Å². The van der Waals surface area contributed by atoms with Crippen LogP contribution in [0.3, 0.4) is 0 Å². The third-order valence-corrected chi connectivity index (χ3v) is 12.9. The Kier molecular flexibility index (Phi) is 10.3. The van der Waals surface area contributed by atoms with Gasteiger partial charge in [-0.15, -0.1) is 0 Å². The van der Waals surface area contributed by atoms with E-state index < -0.39 is 0 Å². The van der Waals surface area contributed by atoms with Gasteiger partial charge in [-0.3, -0.25) is 4.57 Å². The second-order valence-electron chi connectivity index (χ2n) is 18.8. The van der Waals surface area contributed by atoms with Crippen molar-refractivity contribution in [3.8, 4) is 17.3 Å². The number of fused-ring (bicyclic) bond motifs is 4. The van der Waals surface area contributed by atoms with Crippen molar-refractivity contribution in [2.45, 2.75) is 90.9 Å². The Morgan fingerprint density at radius 2 is 1.16 bits per heavy atom. The molecular weight excluding hydrogens is 745 g/mol. The highest BCUT2D eigenvalue weighted by Gasteiger charge is 2.33. The number of hydrogen-bond donors (Lipinski definition) is 0. The summed E-state index contributed by atoms with van der Waals surface area (Å²) < 4.78 is 9.10. The Hall–Kier alpha value is -6.33. The van der Waals surface area contributed by atoms with Crippen LogP contribution in [0.25, 0.3) is 27.6 Å². The number of aromatic nitrogens is 2. The van der Waals surface area contributed by atoms with Crippen LogP contribution in [-0.2, 0) is 16.2 Å². The van der Waals surface area contributed by atoms with Crippen LogP contribution in [0.5, 0.6) is 11.5 Å². The van der Waals surface area contributed by atoms with E-state index in [1.54, 1.807) is 0 Å². The lowest BCUT2D eigenvalue weighted by atomic mass is 9.70. The number of pyridine rings is 1. The van der Waals surface area contributed by atoms with Gasteiger partial charge in [0.25, 0.3) is 0 Å². The van der Waals surface area contributed by atoms with Gasteiger partial charge in [-0.25, -0.2) is 4.98 Å². The third-order valence-electron chi connectivity index (χ3n) is 12.9. The fourth-order valence-electron chi connectivity index (χ4n) is 9.46. The molecule has 8 aromatic rings. The fraction of sp³-hybridized carbons (Fsp3) is 0.268. The van der Waals surface area contributed by atoms with Crippen LogP contribution in [0, 0.1) is 0 Å². The standard InChI is InChI=1S/C56H58N4O/c1-9-30-56(10-2,39-19-12-11-13-20-39)40-29-31-57-53(35-40)60-49-24-15-14-23-47(49)48-28-27-46(37-52(48)60)61-45-22-18-21-43(36-45)58-38-59(51-26-17-16-25-50(51)58)44-33-41(54(3,4)5)32-42(34-44)55(6,7)8/h11-29,31-37H,9-10,30,38H2,1-8H3. The molecule has 1 aliphatic rings. The van der Waals surface area contributed by atoms with E-state index in [1.807, 2.05) is 6.20 Å². The smallest absolute Gasteiger partial charge is 0.137 e. The van der Waals surface area contributed by atoms with Crippen molar-refractivity contribution in [2.75, 3.05) is 16.5 Å². The van der Waals surface area contributed by atoms with Gasteiger partial charge < -0.3 is 14.5 Å². The van der Waals surface area contributed by atoms with Gasteiger partial charge in [-0.1, -0.05) is 135 Å². The molecule has 5 heteroatoms. The van der Waals surface area contributed by atoms with E-state index in [-0.39, 0.29) is 16.2 Å². The summed E-state index contributed by atoms with van der Waals surface area (Å²) in [4.78, 5) is 9.90. The number of ether oxygens (including phenoxy) is 1. The van der Waals surface area contributed by atoms with Gasteiger partial charge in [0, 0.05) is 45.9 Å². The molecular formula is C56H58N4O. The van der Waals surface area contributed by atoms with Gasteiger partial charge in [0.2, 0.25) is 0 Å². The first-order valence-corrected chi connectivity index (χ1v) is 22.0. The molecule has 0 radical (unpaired) electrons. The van der Waals surface area contributed by atoms with Crippen LogP contribution in [0.15, 0.2) is 158 Å². The molecule has 1 atom stereocenters. The summed E-state index contributed by atoms with van der Waals surface area (Å²) in [7, 11) is 0. The first-order chi connectivity index (χ1) is 29.4. The molecule has 0 spiro atoms. The summed E-state index contributed by atoms with van der Waals surface area (Å²) in [5.74, 6) is 2.48. The Labute approximate surface area is 362 Å². The summed E-state index contributed by atoms with van der Waals surface area (Å²) >= 11 is 0. The molecule has 0 bridgehead atoms. The van der Waals surface area contributed by atoms with Crippen LogP contribution in [0.1, 0.15) is 96.9 Å². The number of para-hydroxylation sites is 3. The number of anilines is 4. The van der Waals surface area contributed by atoms with Crippen molar-refractivity contribution >= 4 is 44.6 Å². The van der Waals surface area contributed by atoms with Crippen molar-refractivity contribution < 1.29 is 4.74 Å². The largest absolute Gasteiger partial charge is 0.457 e. The molecule has 0 saturated heterocycles. The van der Waals surface area contributed by atoms with Crippen molar-refractivity contribution in [3.63, 3.8) is 0 Å².